The van der Waals surface area contributed by atoms with Crippen LogP contribution < -0.4 is 9.64 Å². The number of aromatic nitrogens is 4. The van der Waals surface area contributed by atoms with Crippen LogP contribution in [0.15, 0.2) is 315 Å². The summed E-state index contributed by atoms with van der Waals surface area (Å²) in [6, 6.07) is 100. The maximum atomic E-state index is 5.99. The molecule has 0 atom stereocenters. The predicted octanol–water partition coefficient (Wildman–Crippen LogP) is 23.1. The Kier molecular flexibility index (Phi) is 18.1. The first-order valence-electron chi connectivity index (χ1n) is 31.6. The van der Waals surface area contributed by atoms with Gasteiger partial charge < -0.3 is 27.3 Å². The minimum atomic E-state index is 0.537. The van der Waals surface area contributed by atoms with Crippen molar-refractivity contribution in [3.63, 3.8) is 0 Å². The first-order chi connectivity index (χ1) is 47.4. The second kappa shape index (κ2) is 28.7. The molecule has 0 saturated heterocycles. The summed E-state index contributed by atoms with van der Waals surface area (Å²) in [6.07, 6.45) is 15.6. The van der Waals surface area contributed by atoms with E-state index >= 15 is 0 Å². The summed E-state index contributed by atoms with van der Waals surface area (Å²) in [5, 5.41) is 0. The van der Waals surface area contributed by atoms with Gasteiger partial charge in [0.15, 0.2) is 22.3 Å². The van der Waals surface area contributed by atoms with Gasteiger partial charge in [-0.3, -0.25) is 0 Å². The Morgan fingerprint density at radius 1 is 0.281 bits per heavy atom. The third-order valence-corrected chi connectivity index (χ3v) is 16.1. The summed E-state index contributed by atoms with van der Waals surface area (Å²) >= 11 is 0. The van der Waals surface area contributed by atoms with Gasteiger partial charge in [0.2, 0.25) is 23.6 Å². The number of ether oxygens (including phenoxy) is 1. The van der Waals surface area contributed by atoms with E-state index in [2.05, 4.69) is 173 Å². The number of hydrogen-bond donors (Lipinski definition) is 0. The van der Waals surface area contributed by atoms with Crippen molar-refractivity contribution in [2.75, 3.05) is 12.0 Å². The van der Waals surface area contributed by atoms with Gasteiger partial charge in [-0.15, -0.1) is 0 Å². The predicted molar refractivity (Wildman–Crippen MR) is 393 cm³/mol. The summed E-state index contributed by atoms with van der Waals surface area (Å²) in [7, 11) is 1.67. The highest BCUT2D eigenvalue weighted by atomic mass is 16.5. The van der Waals surface area contributed by atoms with Crippen LogP contribution in [0.5, 0.6) is 5.75 Å². The lowest BCUT2D eigenvalue weighted by Gasteiger charge is -2.25. The Balaban J connectivity index is 0.000000130. The smallest absolute Gasteiger partial charge is 0.220 e. The normalized spacial score (nSPS) is 11.5. The number of anilines is 3. The van der Waals surface area contributed by atoms with Crippen molar-refractivity contribution >= 4 is 110 Å². The van der Waals surface area contributed by atoms with Crippen LogP contribution in [0, 0.1) is 6.92 Å². The van der Waals surface area contributed by atoms with Crippen molar-refractivity contribution < 1.29 is 22.4 Å². The number of para-hydroxylation sites is 4. The number of nitrogens with zero attached hydrogens (tertiary/aromatic N) is 5. The molecule has 16 rings (SSSR count). The van der Waals surface area contributed by atoms with Crippen LogP contribution in [0.3, 0.4) is 0 Å². The third-order valence-electron chi connectivity index (χ3n) is 16.1. The van der Waals surface area contributed by atoms with Crippen molar-refractivity contribution in [2.45, 2.75) is 6.92 Å². The summed E-state index contributed by atoms with van der Waals surface area (Å²) in [4.78, 5) is 20.7. The van der Waals surface area contributed by atoms with Crippen molar-refractivity contribution in [1.82, 2.24) is 19.9 Å². The molecule has 0 aliphatic rings. The standard InChI is InChI=1S/C38H28N2O3.C27H20N2O.C21H15NO/c1-25-21-31(16-20-38-40-33-23-30(14-18-35(33)43-38)27-11-7-4-8-12-27)36(41-2)24-28(25)15-19-37-39-32-22-29(13-17-34(32)42-37)26-9-5-3-6-10-26;1-3-9-22(10-4-1)29(23-11-5-2-6-12-23)24-18-15-21(16-19-24)17-20-27-28-25-13-7-8-14-26(25)30-27;1-3-7-16(8-4-1)11-14-21-22-19-15-18(12-13-20(19)23-21)17-9-5-2-6-10-17/h3-24H,1-2H3;1-20H;1-15H/b19-15+,20-16+;;. The highest BCUT2D eigenvalue weighted by molar-refractivity contribution is 5.86. The van der Waals surface area contributed by atoms with E-state index in [1.807, 2.05) is 194 Å². The summed E-state index contributed by atoms with van der Waals surface area (Å²) in [5.41, 5.74) is 21.9. The molecule has 4 heterocycles. The third kappa shape index (κ3) is 14.5. The molecule has 12 aromatic carbocycles. The van der Waals surface area contributed by atoms with E-state index in [0.29, 0.717) is 23.6 Å². The maximum absolute atomic E-state index is 5.99. The molecule has 0 fully saturated rings. The topological polar surface area (TPSA) is 117 Å². The lowest BCUT2D eigenvalue weighted by Crippen LogP contribution is -2.09. The van der Waals surface area contributed by atoms with Gasteiger partial charge in [0.05, 0.1) is 7.11 Å². The van der Waals surface area contributed by atoms with Crippen LogP contribution >= 0.6 is 0 Å². The van der Waals surface area contributed by atoms with Crippen LogP contribution in [0.25, 0.3) is 126 Å². The van der Waals surface area contributed by atoms with Crippen LogP contribution in [0.2, 0.25) is 0 Å². The molecular formula is C86H63N5O5. The van der Waals surface area contributed by atoms with E-state index in [4.69, 9.17) is 32.4 Å². The second-order valence-corrected chi connectivity index (χ2v) is 22.6. The fourth-order valence-electron chi connectivity index (χ4n) is 11.2. The number of rotatable bonds is 15. The lowest BCUT2D eigenvalue weighted by atomic mass is 10.0. The van der Waals surface area contributed by atoms with E-state index in [1.54, 1.807) is 7.11 Å². The fraction of sp³-hybridized carbons (Fsp3) is 0.0233. The second-order valence-electron chi connectivity index (χ2n) is 22.6. The Labute approximate surface area is 556 Å². The van der Waals surface area contributed by atoms with E-state index in [1.165, 1.54) is 5.56 Å². The minimum absolute atomic E-state index is 0.537. The fourth-order valence-corrected chi connectivity index (χ4v) is 11.2. The van der Waals surface area contributed by atoms with Gasteiger partial charge in [-0.25, -0.2) is 19.9 Å². The van der Waals surface area contributed by atoms with E-state index < -0.39 is 0 Å². The van der Waals surface area contributed by atoms with Gasteiger partial charge in [-0.1, -0.05) is 200 Å². The Hall–Kier alpha value is -12.9. The number of fused-ring (bicyclic) bond motifs is 4. The monoisotopic (exact) mass is 1250 g/mol. The van der Waals surface area contributed by atoms with Crippen LogP contribution in [0.1, 0.15) is 51.4 Å². The SMILES string of the molecule is C(=Cc1nc2cc(-c3ccccc3)ccc2o1)c1ccccc1.C(=Cc1nc2ccccc2o1)c1ccc(N(c2ccccc2)c2ccccc2)cc1.COc1cc(/C=C/c2nc3cc(-c4ccccc4)ccc3o2)c(C)cc1/C=C/c1nc2cc(-c3ccccc3)ccc2o1. The quantitative estimate of drug-likeness (QED) is 0.0982. The highest BCUT2D eigenvalue weighted by Gasteiger charge is 2.14. The molecule has 16 aromatic rings. The molecule has 462 valence electrons. The molecule has 0 radical (unpaired) electrons. The maximum Gasteiger partial charge on any atom is 0.220 e. The molecule has 10 nitrogen and oxygen atoms in total. The molecule has 0 N–H and O–H groups in total. The number of hydrogen-bond acceptors (Lipinski definition) is 10. The van der Waals surface area contributed by atoms with E-state index in [9.17, 15) is 0 Å². The molecule has 4 aromatic heterocycles. The summed E-state index contributed by atoms with van der Waals surface area (Å²) < 4.78 is 29.3. The Morgan fingerprint density at radius 2 is 0.625 bits per heavy atom. The number of methoxy groups -OCH3 is 1. The van der Waals surface area contributed by atoms with Crippen molar-refractivity contribution in [3.05, 3.63) is 349 Å². The first kappa shape index (κ1) is 60.6. The average Bonchev–Trinajstić information content (AvgIpc) is 1.53. The van der Waals surface area contributed by atoms with Crippen LogP contribution in [-0.2, 0) is 0 Å². The molecule has 0 aliphatic heterocycles. The molecule has 96 heavy (non-hydrogen) atoms. The van der Waals surface area contributed by atoms with Gasteiger partial charge in [-0.2, -0.15) is 0 Å². The van der Waals surface area contributed by atoms with Gasteiger partial charge in [-0.05, 0) is 184 Å². The molecule has 0 spiro atoms. The van der Waals surface area contributed by atoms with Gasteiger partial charge >= 0.3 is 0 Å². The van der Waals surface area contributed by atoms with Gasteiger partial charge in [0.25, 0.3) is 0 Å². The Bertz CT molecular complexity index is 5310. The van der Waals surface area contributed by atoms with Crippen molar-refractivity contribution in [3.8, 4) is 39.1 Å². The lowest BCUT2D eigenvalue weighted by molar-refractivity contribution is 0.413. The van der Waals surface area contributed by atoms with Crippen LogP contribution in [0.4, 0.5) is 17.1 Å². The molecule has 0 bridgehead atoms. The van der Waals surface area contributed by atoms with Gasteiger partial charge in [0.1, 0.15) is 27.8 Å². The average molecular weight is 1250 g/mol. The molecule has 10 heteroatoms. The molecule has 0 unspecified atom stereocenters. The summed E-state index contributed by atoms with van der Waals surface area (Å²) in [5.74, 6) is 3.06. The number of oxazole rings is 4. The number of aryl methyl sites for hydroxylation is 1. The zero-order valence-corrected chi connectivity index (χ0v) is 52.7. The molecular weight excluding hydrogens is 1180 g/mol. The van der Waals surface area contributed by atoms with E-state index in [-0.39, 0.29) is 0 Å². The zero-order chi connectivity index (χ0) is 64.8. The largest absolute Gasteiger partial charge is 0.496 e. The van der Waals surface area contributed by atoms with Crippen molar-refractivity contribution in [1.29, 1.82) is 0 Å². The molecule has 0 amide bonds. The van der Waals surface area contributed by atoms with Gasteiger partial charge in [0, 0.05) is 46.9 Å². The van der Waals surface area contributed by atoms with E-state index in [0.717, 1.165) is 123 Å². The minimum Gasteiger partial charge on any atom is -0.496 e. The number of benzene rings is 12. The zero-order valence-electron chi connectivity index (χ0n) is 52.7. The molecule has 0 saturated carbocycles. The highest BCUT2D eigenvalue weighted by Crippen LogP contribution is 2.36. The first-order valence-corrected chi connectivity index (χ1v) is 31.6. The summed E-state index contributed by atoms with van der Waals surface area (Å²) in [6.45, 7) is 2.07. The molecule has 0 aliphatic carbocycles. The van der Waals surface area contributed by atoms with Crippen molar-refractivity contribution in [2.24, 2.45) is 0 Å². The van der Waals surface area contributed by atoms with Crippen LogP contribution in [-0.4, -0.2) is 27.0 Å². The Morgan fingerprint density at radius 3 is 1.05 bits per heavy atom.